The Morgan fingerprint density at radius 1 is 0.139 bits per heavy atom. The van der Waals surface area contributed by atoms with Crippen LogP contribution in [0, 0.1) is 0 Å². The number of rotatable bonds is 11. The molecule has 8 aromatic heterocycles. The van der Waals surface area contributed by atoms with Gasteiger partial charge in [0.1, 0.15) is 44.7 Å². The maximum absolute atomic E-state index is 6.78. The van der Waals surface area contributed by atoms with E-state index in [9.17, 15) is 0 Å². The molecule has 0 unspecified atom stereocenters. The molecule has 0 saturated carbocycles. The van der Waals surface area contributed by atoms with Crippen LogP contribution in [0.2, 0.25) is 0 Å². The maximum Gasteiger partial charge on any atom is 0.137 e. The van der Waals surface area contributed by atoms with Crippen LogP contribution in [0.15, 0.2) is 430 Å². The van der Waals surface area contributed by atoms with E-state index >= 15 is 0 Å². The number of para-hydroxylation sites is 6. The van der Waals surface area contributed by atoms with Gasteiger partial charge in [-0.2, -0.15) is 0 Å². The SMILES string of the molecule is c1ccc(-c2ccc(N(c3ccc(-c4ccc5c(c4)oc4ccccc45)cc3)c3ccc4c(c3)oc3cc(-c5ccc6c7cccc8c9ccccc9n(c6c5)c87)ccc34)cc2)cc1.c1ccc(-c2ccc(N(c3ccc4c(c3)oc3ccccc34)c3ccc4c(c3)oc3cc(-c5ccc6c7cccc8c9ccccc9n(c6c5)c87)ccc34)cc2)cc1. The smallest absolute Gasteiger partial charge is 0.137 e. The molecule has 8 heteroatoms. The molecule has 8 nitrogen and oxygen atoms in total. The van der Waals surface area contributed by atoms with Crippen LogP contribution in [0.5, 0.6) is 0 Å². The average Bonchev–Trinajstić information content (AvgIpc) is 1.55. The number of fused-ring (bicyclic) bond motifs is 24. The van der Waals surface area contributed by atoms with Gasteiger partial charge in [0, 0.05) is 139 Å². The van der Waals surface area contributed by atoms with Crippen molar-refractivity contribution < 1.29 is 17.7 Å². The van der Waals surface area contributed by atoms with Crippen molar-refractivity contribution in [1.29, 1.82) is 0 Å². The third-order valence-corrected chi connectivity index (χ3v) is 25.5. The molecule has 27 rings (SSSR count). The summed E-state index contributed by atoms with van der Waals surface area (Å²) in [6, 6.07) is 148. The Morgan fingerprint density at radius 3 is 0.746 bits per heavy atom. The first-order valence-electron chi connectivity index (χ1n) is 41.6. The number of furan rings is 4. The Morgan fingerprint density at radius 2 is 0.369 bits per heavy atom. The minimum absolute atomic E-state index is 0.839. The molecule has 27 aromatic rings. The van der Waals surface area contributed by atoms with Crippen molar-refractivity contribution in [2.45, 2.75) is 0 Å². The Balaban J connectivity index is 0.000000132. The molecule has 0 amide bonds. The predicted molar refractivity (Wildman–Crippen MR) is 508 cm³/mol. The van der Waals surface area contributed by atoms with Gasteiger partial charge in [0.2, 0.25) is 0 Å². The highest BCUT2D eigenvalue weighted by Crippen LogP contribution is 2.48. The minimum atomic E-state index is 0.839. The van der Waals surface area contributed by atoms with Gasteiger partial charge in [-0.3, -0.25) is 0 Å². The molecular formula is C114H68N4O4. The van der Waals surface area contributed by atoms with E-state index in [2.05, 4.69) is 407 Å². The quantitative estimate of drug-likeness (QED) is 0.129. The van der Waals surface area contributed by atoms with Crippen LogP contribution in [0.25, 0.3) is 220 Å². The molecule has 0 atom stereocenters. The van der Waals surface area contributed by atoms with E-state index in [1.165, 1.54) is 98.4 Å². The van der Waals surface area contributed by atoms with E-state index in [1.54, 1.807) is 0 Å². The molecule has 568 valence electrons. The fourth-order valence-corrected chi connectivity index (χ4v) is 19.7. The third kappa shape index (κ3) is 10.5. The van der Waals surface area contributed by atoms with Gasteiger partial charge in [0.15, 0.2) is 0 Å². The maximum atomic E-state index is 6.78. The van der Waals surface area contributed by atoms with Crippen molar-refractivity contribution in [1.82, 2.24) is 8.80 Å². The van der Waals surface area contributed by atoms with E-state index in [0.29, 0.717) is 0 Å². The van der Waals surface area contributed by atoms with E-state index in [1.807, 2.05) is 24.3 Å². The number of hydrogen-bond donors (Lipinski definition) is 0. The molecule has 0 spiro atoms. The second-order valence-corrected chi connectivity index (χ2v) is 32.2. The Kier molecular flexibility index (Phi) is 14.7. The standard InChI is InChI=1S/C60H36N2O2.C54H32N2O2/c1-2-9-37(10-3-1)38-17-24-43(25-18-38)61(44-26-19-39(20-27-44)41-22-30-49-48-12-5-7-16-56(48)63-57(49)34-41)45-28-32-51-50-31-23-42(35-58(50)64-59(51)36-45)40-21-29-47-53-14-8-13-52-46-11-4-6-15-54(46)62(60(52)53)55(47)33-40;1-2-9-33(10-3-1)34-17-21-37(22-18-34)55(38-23-27-44-42-12-5-7-16-50(42)57-52(44)31-38)39-24-28-45-43-26-20-36(30-51(43)58-53(45)32-39)35-19-25-41-47-14-8-13-46-40-11-4-6-15-48(40)56(54(46)47)49(41)29-35/h1-36H;1-32H. The van der Waals surface area contributed by atoms with Gasteiger partial charge >= 0.3 is 0 Å². The first-order chi connectivity index (χ1) is 60.4. The Bertz CT molecular complexity index is 8890. The van der Waals surface area contributed by atoms with Gasteiger partial charge in [-0.15, -0.1) is 0 Å². The molecule has 0 aliphatic rings. The summed E-state index contributed by atoms with van der Waals surface area (Å²) in [5.74, 6) is 0. The van der Waals surface area contributed by atoms with Gasteiger partial charge in [0.05, 0.1) is 33.1 Å². The molecular weight excluding hydrogens is 1490 g/mol. The van der Waals surface area contributed by atoms with E-state index in [4.69, 9.17) is 17.7 Å². The van der Waals surface area contributed by atoms with Crippen LogP contribution in [-0.2, 0) is 0 Å². The first-order valence-corrected chi connectivity index (χ1v) is 41.6. The lowest BCUT2D eigenvalue weighted by Gasteiger charge is -2.26. The number of nitrogens with zero attached hydrogens (tertiary/aromatic N) is 4. The monoisotopic (exact) mass is 1560 g/mol. The Hall–Kier alpha value is -16.4. The zero-order valence-corrected chi connectivity index (χ0v) is 65.7. The summed E-state index contributed by atoms with van der Waals surface area (Å²) in [4.78, 5) is 4.59. The number of benzene rings is 19. The second-order valence-electron chi connectivity index (χ2n) is 32.2. The van der Waals surface area contributed by atoms with Crippen molar-refractivity contribution in [3.8, 4) is 55.6 Å². The van der Waals surface area contributed by atoms with Gasteiger partial charge in [-0.1, -0.05) is 249 Å². The molecule has 8 heterocycles. The van der Waals surface area contributed by atoms with Crippen LogP contribution in [0.3, 0.4) is 0 Å². The van der Waals surface area contributed by atoms with Crippen molar-refractivity contribution in [2.75, 3.05) is 9.80 Å². The molecule has 0 aliphatic heterocycles. The molecule has 0 bridgehead atoms. The van der Waals surface area contributed by atoms with E-state index in [0.717, 1.165) is 155 Å². The lowest BCUT2D eigenvalue weighted by molar-refractivity contribution is 0.668. The van der Waals surface area contributed by atoms with Gasteiger partial charge < -0.3 is 36.3 Å². The normalized spacial score (nSPS) is 12.1. The highest BCUT2D eigenvalue weighted by molar-refractivity contribution is 6.25. The highest BCUT2D eigenvalue weighted by Gasteiger charge is 2.25. The third-order valence-electron chi connectivity index (χ3n) is 25.5. The van der Waals surface area contributed by atoms with E-state index in [-0.39, 0.29) is 0 Å². The number of aromatic nitrogens is 2. The molecule has 0 aliphatic carbocycles. The molecule has 0 N–H and O–H groups in total. The fourth-order valence-electron chi connectivity index (χ4n) is 19.7. The van der Waals surface area contributed by atoms with Gasteiger partial charge in [-0.25, -0.2) is 0 Å². The van der Waals surface area contributed by atoms with Crippen LogP contribution in [-0.4, -0.2) is 8.80 Å². The van der Waals surface area contributed by atoms with Crippen molar-refractivity contribution in [3.05, 3.63) is 413 Å². The molecule has 19 aromatic carbocycles. The van der Waals surface area contributed by atoms with Gasteiger partial charge in [0.25, 0.3) is 0 Å². The van der Waals surface area contributed by atoms with Crippen LogP contribution >= 0.6 is 0 Å². The summed E-state index contributed by atoms with van der Waals surface area (Å²) in [6.07, 6.45) is 0. The average molecular weight is 1560 g/mol. The summed E-state index contributed by atoms with van der Waals surface area (Å²) in [6.45, 7) is 0. The summed E-state index contributed by atoms with van der Waals surface area (Å²) in [7, 11) is 0. The lowest BCUT2D eigenvalue weighted by Crippen LogP contribution is -2.09. The first kappa shape index (κ1) is 67.7. The summed E-state index contributed by atoms with van der Waals surface area (Å²) in [5, 5.41) is 19.1. The molecule has 0 fully saturated rings. The molecule has 0 radical (unpaired) electrons. The van der Waals surface area contributed by atoms with Crippen LogP contribution < -0.4 is 9.80 Å². The van der Waals surface area contributed by atoms with Crippen molar-refractivity contribution in [2.24, 2.45) is 0 Å². The zero-order valence-electron chi connectivity index (χ0n) is 65.7. The lowest BCUT2D eigenvalue weighted by atomic mass is 10.0. The largest absolute Gasteiger partial charge is 0.456 e. The summed E-state index contributed by atoms with van der Waals surface area (Å²) in [5.41, 5.74) is 32.1. The topological polar surface area (TPSA) is 67.9 Å². The van der Waals surface area contributed by atoms with E-state index < -0.39 is 0 Å². The highest BCUT2D eigenvalue weighted by atomic mass is 16.3. The van der Waals surface area contributed by atoms with Crippen LogP contribution in [0.4, 0.5) is 34.1 Å². The molecule has 0 saturated heterocycles. The van der Waals surface area contributed by atoms with Crippen molar-refractivity contribution >= 4 is 198 Å². The van der Waals surface area contributed by atoms with Crippen LogP contribution in [0.1, 0.15) is 0 Å². The zero-order chi connectivity index (χ0) is 79.8. The number of anilines is 6. The second kappa shape index (κ2) is 26.5. The van der Waals surface area contributed by atoms with Crippen molar-refractivity contribution in [3.63, 3.8) is 0 Å². The summed E-state index contributed by atoms with van der Waals surface area (Å²) < 4.78 is 31.0. The predicted octanol–water partition coefficient (Wildman–Crippen LogP) is 32.5. The molecule has 122 heavy (non-hydrogen) atoms. The Labute approximate surface area is 697 Å². The van der Waals surface area contributed by atoms with Gasteiger partial charge in [-0.05, 0) is 201 Å². The fraction of sp³-hybridized carbons (Fsp3) is 0. The number of hydrogen-bond acceptors (Lipinski definition) is 6. The minimum Gasteiger partial charge on any atom is -0.456 e. The summed E-state index contributed by atoms with van der Waals surface area (Å²) >= 11 is 0.